The Morgan fingerprint density at radius 1 is 1.45 bits per heavy atom. The van der Waals surface area contributed by atoms with E-state index in [1.807, 2.05) is 18.4 Å². The molecule has 22 heavy (non-hydrogen) atoms. The van der Waals surface area contributed by atoms with Gasteiger partial charge in [-0.1, -0.05) is 23.0 Å². The topological polar surface area (TPSA) is 93.8 Å². The second-order valence-electron chi connectivity index (χ2n) is 4.56. The van der Waals surface area contributed by atoms with Gasteiger partial charge in [-0.25, -0.2) is 0 Å². The number of carbonyl (C=O) groups is 1. The molecule has 0 aromatic carbocycles. The van der Waals surface area contributed by atoms with Crippen LogP contribution in [0.5, 0.6) is 0 Å². The lowest BCUT2D eigenvalue weighted by molar-refractivity contribution is 0.103. The molecular weight excluding hydrogens is 322 g/mol. The largest absolute Gasteiger partial charge is 0.334 e. The summed E-state index contributed by atoms with van der Waals surface area (Å²) in [7, 11) is 0. The number of carbonyl (C=O) groups excluding carboxylic acids is 1. The number of nitrogens with zero attached hydrogens (tertiary/aromatic N) is 4. The minimum absolute atomic E-state index is 0.210. The number of rotatable bonds is 5. The average molecular weight is 335 g/mol. The predicted octanol–water partition coefficient (Wildman–Crippen LogP) is 3.16. The zero-order valence-electron chi connectivity index (χ0n) is 12.0. The van der Waals surface area contributed by atoms with Crippen molar-refractivity contribution in [3.63, 3.8) is 0 Å². The smallest absolute Gasteiger partial charge is 0.269 e. The standard InChI is InChI=1S/C13H13N5O2S2/c1-3-4-9-10(22-18-16-9)11(19)15-13-8(5-6-21-13)12-14-7(2)17-20-12/h5-6H,3-4H2,1-2H3,(H,15,19). The van der Waals surface area contributed by atoms with E-state index in [0.29, 0.717) is 27.2 Å². The lowest BCUT2D eigenvalue weighted by atomic mass is 10.2. The molecule has 0 fully saturated rings. The normalized spacial score (nSPS) is 10.8. The van der Waals surface area contributed by atoms with Gasteiger partial charge in [-0.15, -0.1) is 16.4 Å². The Balaban J connectivity index is 1.83. The minimum Gasteiger partial charge on any atom is -0.334 e. The van der Waals surface area contributed by atoms with Crippen molar-refractivity contribution in [1.29, 1.82) is 0 Å². The number of aromatic nitrogens is 4. The highest BCUT2D eigenvalue weighted by Crippen LogP contribution is 2.32. The van der Waals surface area contributed by atoms with E-state index in [4.69, 9.17) is 4.52 Å². The van der Waals surface area contributed by atoms with Gasteiger partial charge < -0.3 is 9.84 Å². The zero-order valence-corrected chi connectivity index (χ0v) is 13.6. The molecule has 3 aromatic heterocycles. The van der Waals surface area contributed by atoms with Gasteiger partial charge in [0.1, 0.15) is 9.88 Å². The summed E-state index contributed by atoms with van der Waals surface area (Å²) in [6, 6.07) is 1.84. The van der Waals surface area contributed by atoms with Crippen LogP contribution in [0.2, 0.25) is 0 Å². The third kappa shape index (κ3) is 2.90. The summed E-state index contributed by atoms with van der Waals surface area (Å²) in [4.78, 5) is 17.1. The molecule has 0 unspecified atom stereocenters. The molecule has 0 aliphatic heterocycles. The van der Waals surface area contributed by atoms with Crippen LogP contribution in [0.3, 0.4) is 0 Å². The van der Waals surface area contributed by atoms with Gasteiger partial charge in [0.25, 0.3) is 11.8 Å². The maximum Gasteiger partial charge on any atom is 0.269 e. The maximum absolute atomic E-state index is 12.4. The number of nitrogens with one attached hydrogen (secondary N) is 1. The Kier molecular flexibility index (Phi) is 4.25. The van der Waals surface area contributed by atoms with E-state index in [2.05, 4.69) is 25.0 Å². The van der Waals surface area contributed by atoms with Gasteiger partial charge in [0.15, 0.2) is 5.82 Å². The molecule has 0 saturated carbocycles. The van der Waals surface area contributed by atoms with Crippen LogP contribution in [0.4, 0.5) is 5.00 Å². The van der Waals surface area contributed by atoms with Crippen molar-refractivity contribution in [2.75, 3.05) is 5.32 Å². The summed E-state index contributed by atoms with van der Waals surface area (Å²) < 4.78 is 9.02. The highest BCUT2D eigenvalue weighted by atomic mass is 32.1. The first-order valence-corrected chi connectivity index (χ1v) is 8.35. The molecule has 114 valence electrons. The van der Waals surface area contributed by atoms with Gasteiger partial charge in [-0.2, -0.15) is 4.98 Å². The molecule has 0 radical (unpaired) electrons. The first-order chi connectivity index (χ1) is 10.7. The third-order valence-corrected chi connectivity index (χ3v) is 4.50. The lowest BCUT2D eigenvalue weighted by Crippen LogP contribution is -2.12. The molecule has 0 saturated heterocycles. The molecule has 1 amide bonds. The van der Waals surface area contributed by atoms with Crippen molar-refractivity contribution in [1.82, 2.24) is 19.7 Å². The van der Waals surface area contributed by atoms with E-state index in [1.165, 1.54) is 11.3 Å². The number of aryl methyl sites for hydroxylation is 2. The van der Waals surface area contributed by atoms with Gasteiger partial charge in [0.2, 0.25) is 0 Å². The van der Waals surface area contributed by atoms with E-state index >= 15 is 0 Å². The van der Waals surface area contributed by atoms with Crippen LogP contribution in [0.25, 0.3) is 11.5 Å². The van der Waals surface area contributed by atoms with Crippen molar-refractivity contribution in [2.24, 2.45) is 0 Å². The Morgan fingerprint density at radius 2 is 2.32 bits per heavy atom. The second kappa shape index (κ2) is 6.32. The Bertz CT molecular complexity index is 792. The molecule has 0 aliphatic carbocycles. The van der Waals surface area contributed by atoms with Gasteiger partial charge in [0.05, 0.1) is 11.3 Å². The maximum atomic E-state index is 12.4. The van der Waals surface area contributed by atoms with Crippen molar-refractivity contribution in [3.05, 3.63) is 27.8 Å². The molecule has 0 bridgehead atoms. The fraction of sp³-hybridized carbons (Fsp3) is 0.308. The van der Waals surface area contributed by atoms with Gasteiger partial charge in [-0.05, 0) is 36.3 Å². The van der Waals surface area contributed by atoms with Crippen LogP contribution in [0, 0.1) is 6.92 Å². The highest BCUT2D eigenvalue weighted by Gasteiger charge is 2.19. The molecule has 9 heteroatoms. The summed E-state index contributed by atoms with van der Waals surface area (Å²) in [5.41, 5.74) is 1.45. The summed E-state index contributed by atoms with van der Waals surface area (Å²) in [6.45, 7) is 3.79. The molecule has 0 atom stereocenters. The fourth-order valence-electron chi connectivity index (χ4n) is 1.92. The van der Waals surface area contributed by atoms with Crippen LogP contribution in [-0.2, 0) is 6.42 Å². The fourth-order valence-corrected chi connectivity index (χ4v) is 3.30. The monoisotopic (exact) mass is 335 g/mol. The van der Waals surface area contributed by atoms with E-state index in [1.54, 1.807) is 6.92 Å². The van der Waals surface area contributed by atoms with Gasteiger partial charge in [-0.3, -0.25) is 4.79 Å². The minimum atomic E-state index is -0.210. The van der Waals surface area contributed by atoms with Crippen molar-refractivity contribution in [2.45, 2.75) is 26.7 Å². The molecule has 0 aliphatic rings. The first-order valence-electron chi connectivity index (χ1n) is 6.69. The summed E-state index contributed by atoms with van der Waals surface area (Å²) >= 11 is 2.51. The number of hydrogen-bond acceptors (Lipinski definition) is 8. The van der Waals surface area contributed by atoms with E-state index < -0.39 is 0 Å². The van der Waals surface area contributed by atoms with E-state index in [0.717, 1.165) is 30.1 Å². The Hall–Kier alpha value is -2.13. The van der Waals surface area contributed by atoms with Crippen LogP contribution in [0.1, 0.15) is 34.5 Å². The van der Waals surface area contributed by atoms with Gasteiger partial charge >= 0.3 is 0 Å². The molecule has 1 N–H and O–H groups in total. The van der Waals surface area contributed by atoms with Crippen molar-refractivity contribution in [3.8, 4) is 11.5 Å². The van der Waals surface area contributed by atoms with E-state index in [-0.39, 0.29) is 5.91 Å². The SMILES string of the molecule is CCCc1nnsc1C(=O)Nc1sccc1-c1nc(C)no1. The quantitative estimate of drug-likeness (QED) is 0.769. The van der Waals surface area contributed by atoms with Crippen LogP contribution >= 0.6 is 22.9 Å². The molecule has 3 rings (SSSR count). The molecule has 3 aromatic rings. The first kappa shape index (κ1) is 14.8. The lowest BCUT2D eigenvalue weighted by Gasteiger charge is -2.03. The highest BCUT2D eigenvalue weighted by molar-refractivity contribution is 7.15. The van der Waals surface area contributed by atoms with Crippen LogP contribution in [-0.4, -0.2) is 25.6 Å². The molecular formula is C13H13N5O2S2. The van der Waals surface area contributed by atoms with Crippen LogP contribution < -0.4 is 5.32 Å². The molecule has 7 nitrogen and oxygen atoms in total. The zero-order chi connectivity index (χ0) is 15.5. The van der Waals surface area contributed by atoms with Crippen molar-refractivity contribution >= 4 is 33.8 Å². The number of thiophene rings is 1. The molecule has 3 heterocycles. The van der Waals surface area contributed by atoms with Gasteiger partial charge in [0, 0.05) is 0 Å². The third-order valence-electron chi connectivity index (χ3n) is 2.90. The Morgan fingerprint density at radius 3 is 3.05 bits per heavy atom. The Labute approximate surface area is 134 Å². The number of anilines is 1. The average Bonchev–Trinajstić information content (AvgIpc) is 3.19. The summed E-state index contributed by atoms with van der Waals surface area (Å²) in [6.07, 6.45) is 1.65. The second-order valence-corrected chi connectivity index (χ2v) is 6.23. The predicted molar refractivity (Wildman–Crippen MR) is 84.2 cm³/mol. The number of amides is 1. The van der Waals surface area contributed by atoms with E-state index in [9.17, 15) is 4.79 Å². The van der Waals surface area contributed by atoms with Crippen molar-refractivity contribution < 1.29 is 9.32 Å². The summed E-state index contributed by atoms with van der Waals surface area (Å²) in [5.74, 6) is 0.735. The number of hydrogen-bond donors (Lipinski definition) is 1. The summed E-state index contributed by atoms with van der Waals surface area (Å²) in [5, 5.41) is 13.2. The molecule has 0 spiro atoms. The van der Waals surface area contributed by atoms with Crippen LogP contribution in [0.15, 0.2) is 16.0 Å².